The molecule has 0 saturated carbocycles. The molecule has 3 heterocycles. The molecule has 1 saturated heterocycles. The number of halogens is 2. The molecule has 0 amide bonds. The zero-order valence-corrected chi connectivity index (χ0v) is 16.4. The highest BCUT2D eigenvalue weighted by Gasteiger charge is 2.25. The number of hydrogen-bond donors (Lipinski definition) is 0. The lowest BCUT2D eigenvalue weighted by Crippen LogP contribution is -2.37. The van der Waals surface area contributed by atoms with Crippen LogP contribution in [0.3, 0.4) is 0 Å². The first-order valence-electron chi connectivity index (χ1n) is 8.86. The summed E-state index contributed by atoms with van der Waals surface area (Å²) in [7, 11) is 1.77. The Hall–Kier alpha value is -2.02. The van der Waals surface area contributed by atoms with Crippen molar-refractivity contribution in [3.63, 3.8) is 0 Å². The van der Waals surface area contributed by atoms with Crippen LogP contribution in [0.5, 0.6) is 0 Å². The van der Waals surface area contributed by atoms with Crippen molar-refractivity contribution in [2.24, 2.45) is 7.05 Å². The molecule has 1 atom stereocenters. The average Bonchev–Trinajstić information content (AvgIpc) is 2.67. The molecule has 1 aromatic carbocycles. The Morgan fingerprint density at radius 1 is 1.22 bits per heavy atom. The SMILES string of the molecule is Cn1c([C@@H]2CCCN(Cc3cnccn3)C2)nc2cc(Cl)c(Cl)cc2c1=O. The summed E-state index contributed by atoms with van der Waals surface area (Å²) in [6, 6.07) is 3.27. The second-order valence-electron chi connectivity index (χ2n) is 6.89. The Morgan fingerprint density at radius 2 is 2.04 bits per heavy atom. The van der Waals surface area contributed by atoms with Gasteiger partial charge in [-0.15, -0.1) is 0 Å². The molecule has 6 nitrogen and oxygen atoms in total. The van der Waals surface area contributed by atoms with Crippen LogP contribution in [-0.4, -0.2) is 37.5 Å². The molecular formula is C19H19Cl2N5O. The quantitative estimate of drug-likeness (QED) is 0.670. The number of hydrogen-bond acceptors (Lipinski definition) is 5. The molecule has 8 heteroatoms. The van der Waals surface area contributed by atoms with Crippen LogP contribution in [0, 0.1) is 0 Å². The van der Waals surface area contributed by atoms with E-state index in [-0.39, 0.29) is 11.5 Å². The van der Waals surface area contributed by atoms with E-state index >= 15 is 0 Å². The van der Waals surface area contributed by atoms with Crippen LogP contribution < -0.4 is 5.56 Å². The van der Waals surface area contributed by atoms with Gasteiger partial charge in [-0.2, -0.15) is 0 Å². The van der Waals surface area contributed by atoms with E-state index in [1.807, 2.05) is 0 Å². The lowest BCUT2D eigenvalue weighted by molar-refractivity contribution is 0.192. The Labute approximate surface area is 166 Å². The molecule has 0 radical (unpaired) electrons. The number of likely N-dealkylation sites (tertiary alicyclic amines) is 1. The van der Waals surface area contributed by atoms with Crippen molar-refractivity contribution in [1.29, 1.82) is 0 Å². The largest absolute Gasteiger partial charge is 0.299 e. The lowest BCUT2D eigenvalue weighted by atomic mass is 9.96. The minimum Gasteiger partial charge on any atom is -0.299 e. The smallest absolute Gasteiger partial charge is 0.261 e. The fourth-order valence-electron chi connectivity index (χ4n) is 3.70. The van der Waals surface area contributed by atoms with Gasteiger partial charge in [-0.25, -0.2) is 4.98 Å². The number of nitrogens with zero attached hydrogens (tertiary/aromatic N) is 5. The molecule has 2 aromatic heterocycles. The van der Waals surface area contributed by atoms with E-state index in [0.29, 0.717) is 20.9 Å². The van der Waals surface area contributed by atoms with Gasteiger partial charge in [0.25, 0.3) is 5.56 Å². The summed E-state index contributed by atoms with van der Waals surface area (Å²) in [4.78, 5) is 28.4. The van der Waals surface area contributed by atoms with Gasteiger partial charge in [0.15, 0.2) is 0 Å². The molecule has 4 rings (SSSR count). The van der Waals surface area contributed by atoms with Gasteiger partial charge >= 0.3 is 0 Å². The van der Waals surface area contributed by atoms with Gasteiger partial charge in [-0.05, 0) is 31.5 Å². The van der Waals surface area contributed by atoms with E-state index < -0.39 is 0 Å². The van der Waals surface area contributed by atoms with Crippen molar-refractivity contribution < 1.29 is 0 Å². The van der Waals surface area contributed by atoms with Crippen LogP contribution in [0.15, 0.2) is 35.5 Å². The van der Waals surface area contributed by atoms with Crippen molar-refractivity contribution in [1.82, 2.24) is 24.4 Å². The minimum atomic E-state index is -0.0976. The fraction of sp³-hybridized carbons (Fsp3) is 0.368. The minimum absolute atomic E-state index is 0.0976. The molecule has 140 valence electrons. The van der Waals surface area contributed by atoms with E-state index in [1.54, 1.807) is 42.3 Å². The first kappa shape index (κ1) is 18.3. The molecule has 1 aliphatic rings. The summed E-state index contributed by atoms with van der Waals surface area (Å²) >= 11 is 12.2. The molecule has 27 heavy (non-hydrogen) atoms. The maximum atomic E-state index is 12.8. The normalized spacial score (nSPS) is 18.1. The molecule has 0 spiro atoms. The maximum Gasteiger partial charge on any atom is 0.261 e. The Balaban J connectivity index is 1.66. The standard InChI is InChI=1S/C19H19Cl2N5O/c1-25-18(24-17-8-16(21)15(20)7-14(17)19(25)27)12-3-2-6-26(10-12)11-13-9-22-4-5-23-13/h4-5,7-9,12H,2-3,6,10-11H2,1H3/t12-/m1/s1. The maximum absolute atomic E-state index is 12.8. The van der Waals surface area contributed by atoms with E-state index in [0.717, 1.165) is 44.0 Å². The van der Waals surface area contributed by atoms with Crippen LogP contribution in [0.1, 0.15) is 30.3 Å². The lowest BCUT2D eigenvalue weighted by Gasteiger charge is -2.32. The van der Waals surface area contributed by atoms with Crippen LogP contribution in [0.2, 0.25) is 10.0 Å². The van der Waals surface area contributed by atoms with E-state index in [2.05, 4.69) is 14.9 Å². The summed E-state index contributed by atoms with van der Waals surface area (Å²) in [5.41, 5.74) is 1.44. The van der Waals surface area contributed by atoms with Gasteiger partial charge < -0.3 is 0 Å². The third-order valence-electron chi connectivity index (χ3n) is 5.03. The highest BCUT2D eigenvalue weighted by Crippen LogP contribution is 2.29. The number of piperidine rings is 1. The molecule has 0 unspecified atom stereocenters. The third-order valence-corrected chi connectivity index (χ3v) is 5.75. The van der Waals surface area contributed by atoms with E-state index in [9.17, 15) is 4.79 Å². The van der Waals surface area contributed by atoms with Crippen LogP contribution in [0.4, 0.5) is 0 Å². The van der Waals surface area contributed by atoms with Crippen molar-refractivity contribution in [2.45, 2.75) is 25.3 Å². The van der Waals surface area contributed by atoms with Crippen molar-refractivity contribution in [3.8, 4) is 0 Å². The van der Waals surface area contributed by atoms with Crippen molar-refractivity contribution in [3.05, 3.63) is 62.6 Å². The number of rotatable bonds is 3. The topological polar surface area (TPSA) is 63.9 Å². The summed E-state index contributed by atoms with van der Waals surface area (Å²) in [6.07, 6.45) is 7.21. The van der Waals surface area contributed by atoms with E-state index in [1.165, 1.54) is 0 Å². The fourth-order valence-corrected chi connectivity index (χ4v) is 4.02. The first-order chi connectivity index (χ1) is 13.0. The summed E-state index contributed by atoms with van der Waals surface area (Å²) in [5.74, 6) is 0.960. The predicted molar refractivity (Wildman–Crippen MR) is 106 cm³/mol. The second kappa shape index (κ2) is 7.54. The van der Waals surface area contributed by atoms with Crippen molar-refractivity contribution >= 4 is 34.1 Å². The number of aromatic nitrogens is 4. The molecular weight excluding hydrogens is 385 g/mol. The summed E-state index contributed by atoms with van der Waals surface area (Å²) in [5, 5.41) is 1.26. The van der Waals surface area contributed by atoms with Gasteiger partial charge in [-0.1, -0.05) is 23.2 Å². The number of fused-ring (bicyclic) bond motifs is 1. The molecule has 0 N–H and O–H groups in total. The van der Waals surface area contributed by atoms with Crippen LogP contribution in [-0.2, 0) is 13.6 Å². The monoisotopic (exact) mass is 403 g/mol. The zero-order chi connectivity index (χ0) is 19.0. The number of benzene rings is 1. The molecule has 0 bridgehead atoms. The molecule has 3 aromatic rings. The van der Waals surface area contributed by atoms with Gasteiger partial charge in [0.1, 0.15) is 5.82 Å². The Kier molecular flexibility index (Phi) is 5.12. The average molecular weight is 404 g/mol. The Bertz CT molecular complexity index is 1040. The molecule has 1 fully saturated rings. The zero-order valence-electron chi connectivity index (χ0n) is 14.9. The van der Waals surface area contributed by atoms with Gasteiger partial charge in [-0.3, -0.25) is 24.2 Å². The van der Waals surface area contributed by atoms with Gasteiger partial charge in [0.2, 0.25) is 0 Å². The predicted octanol–water partition coefficient (Wildman–Crippen LogP) is 3.41. The summed E-state index contributed by atoms with van der Waals surface area (Å²) < 4.78 is 1.64. The summed E-state index contributed by atoms with van der Waals surface area (Å²) in [6.45, 7) is 2.56. The van der Waals surface area contributed by atoms with E-state index in [4.69, 9.17) is 28.2 Å². The first-order valence-corrected chi connectivity index (χ1v) is 9.61. The highest BCUT2D eigenvalue weighted by atomic mass is 35.5. The van der Waals surface area contributed by atoms with Crippen LogP contribution >= 0.6 is 23.2 Å². The van der Waals surface area contributed by atoms with Crippen LogP contribution in [0.25, 0.3) is 10.9 Å². The van der Waals surface area contributed by atoms with Crippen molar-refractivity contribution in [2.75, 3.05) is 13.1 Å². The second-order valence-corrected chi connectivity index (χ2v) is 7.70. The molecule has 1 aliphatic heterocycles. The van der Waals surface area contributed by atoms with Gasteiger partial charge in [0, 0.05) is 44.6 Å². The van der Waals surface area contributed by atoms with Gasteiger partial charge in [0.05, 0.1) is 26.6 Å². The Morgan fingerprint density at radius 3 is 2.81 bits per heavy atom. The third kappa shape index (κ3) is 3.70. The molecule has 0 aliphatic carbocycles. The highest BCUT2D eigenvalue weighted by molar-refractivity contribution is 6.42.